The highest BCUT2D eigenvalue weighted by Crippen LogP contribution is 2.26. The van der Waals surface area contributed by atoms with Crippen LogP contribution >= 0.6 is 11.8 Å². The number of primary amides is 1. The average Bonchev–Trinajstić information content (AvgIpc) is 1.78. The Hall–Kier alpha value is -12.7. The third-order valence-electron chi connectivity index (χ3n) is 21.7. The van der Waals surface area contributed by atoms with E-state index in [1.54, 1.807) is 79.7 Å². The van der Waals surface area contributed by atoms with Crippen LogP contribution in [0.2, 0.25) is 0 Å². The lowest BCUT2D eigenvalue weighted by Gasteiger charge is -2.33. The smallest absolute Gasteiger partial charge is 0.305 e. The van der Waals surface area contributed by atoms with Crippen LogP contribution in [0.4, 0.5) is 0 Å². The fourth-order valence-corrected chi connectivity index (χ4v) is 15.9. The zero-order valence-corrected chi connectivity index (χ0v) is 74.3. The molecule has 0 saturated carbocycles. The number of hydrogen-bond acceptors (Lipinski definition) is 19. The number of benzene rings is 4. The van der Waals surface area contributed by atoms with E-state index in [1.165, 1.54) is 16.8 Å². The molecule has 39 heteroatoms. The summed E-state index contributed by atoms with van der Waals surface area (Å²) in [5.41, 5.74) is 21.1. The summed E-state index contributed by atoms with van der Waals surface area (Å²) in [6.07, 6.45) is -1.10. The molecule has 3 fully saturated rings. The molecule has 0 radical (unpaired) electrons. The van der Waals surface area contributed by atoms with E-state index in [0.717, 1.165) is 38.9 Å². The minimum absolute atomic E-state index is 0.00314. The van der Waals surface area contributed by atoms with Crippen molar-refractivity contribution in [2.45, 2.75) is 211 Å². The number of carbonyl (C=O) groups excluding carboxylic acids is 15. The van der Waals surface area contributed by atoms with Gasteiger partial charge in [-0.3, -0.25) is 87.5 Å². The molecule has 3 heterocycles. The third-order valence-corrected chi connectivity index (χ3v) is 22.8. The fraction of sp³-hybridized carbons (Fsp3) is 0.523. The molecule has 0 unspecified atom stereocenters. The molecule has 22 N–H and O–H groups in total. The molecular weight excluding hydrogens is 1660 g/mol. The monoisotopic (exact) mass is 1780 g/mol. The number of carbonyl (C=O) groups is 16. The lowest BCUT2D eigenvalue weighted by molar-refractivity contribution is -0.145. The number of aliphatic carboxylic acids is 1. The van der Waals surface area contributed by atoms with E-state index in [-0.39, 0.29) is 121 Å². The van der Waals surface area contributed by atoms with Crippen LogP contribution in [0.1, 0.15) is 137 Å². The second kappa shape index (κ2) is 49.8. The fourth-order valence-electron chi connectivity index (χ4n) is 15.1. The van der Waals surface area contributed by atoms with Gasteiger partial charge in [0.25, 0.3) is 0 Å². The maximum atomic E-state index is 15.5. The van der Waals surface area contributed by atoms with Gasteiger partial charge in [0.2, 0.25) is 88.6 Å². The Balaban J connectivity index is 1.29. The first-order chi connectivity index (χ1) is 60.3. The van der Waals surface area contributed by atoms with Crippen molar-refractivity contribution in [1.29, 1.82) is 10.8 Å². The Labute approximate surface area is 743 Å². The van der Waals surface area contributed by atoms with Crippen molar-refractivity contribution in [3.63, 3.8) is 0 Å². The number of guanidine groups is 2. The molecule has 7 rings (SSSR count). The Kier molecular flexibility index (Phi) is 39.8. The summed E-state index contributed by atoms with van der Waals surface area (Å²) in [5, 5.41) is 60.4. The predicted octanol–water partition coefficient (Wildman–Crippen LogP) is -0.152. The first-order valence-corrected chi connectivity index (χ1v) is 44.1. The predicted molar refractivity (Wildman–Crippen MR) is 476 cm³/mol. The highest BCUT2D eigenvalue weighted by Gasteiger charge is 2.44. The van der Waals surface area contributed by atoms with Crippen molar-refractivity contribution in [2.24, 2.45) is 40.9 Å². The maximum Gasteiger partial charge on any atom is 0.305 e. The van der Waals surface area contributed by atoms with Crippen LogP contribution in [0.15, 0.2) is 109 Å². The number of carboxylic acids is 1. The topological polar surface area (TPSA) is 585 Å². The third kappa shape index (κ3) is 32.3. The molecule has 3 aliphatic rings. The largest absolute Gasteiger partial charge is 0.481 e. The van der Waals surface area contributed by atoms with Crippen molar-refractivity contribution in [3.05, 3.63) is 120 Å². The van der Waals surface area contributed by atoms with Gasteiger partial charge in [0.05, 0.1) is 25.3 Å². The van der Waals surface area contributed by atoms with Crippen LogP contribution in [-0.2, 0) is 89.6 Å². The molecule has 4 aromatic carbocycles. The molecule has 12 atom stereocenters. The van der Waals surface area contributed by atoms with Crippen LogP contribution in [0.3, 0.4) is 0 Å². The van der Waals surface area contributed by atoms with E-state index >= 15 is 14.4 Å². The summed E-state index contributed by atoms with van der Waals surface area (Å²) >= 11 is 0.841. The number of nitrogens with two attached hydrogens (primary N) is 3. The van der Waals surface area contributed by atoms with Crippen molar-refractivity contribution < 1.29 is 81.8 Å². The molecular formula is C88H125N21O17S. The number of likely N-dealkylation sites (N-methyl/N-ethyl adjacent to an activating group) is 1. The summed E-state index contributed by atoms with van der Waals surface area (Å²) in [6.45, 7) is 12.1. The summed E-state index contributed by atoms with van der Waals surface area (Å²) < 4.78 is 0. The Morgan fingerprint density at radius 3 is 1.38 bits per heavy atom. The molecule has 0 bridgehead atoms. The highest BCUT2D eigenvalue weighted by atomic mass is 32.2. The van der Waals surface area contributed by atoms with E-state index in [2.05, 4.69) is 69.1 Å². The van der Waals surface area contributed by atoms with Crippen molar-refractivity contribution in [1.82, 2.24) is 83.8 Å². The number of nitrogens with one attached hydrogen (secondary N) is 15. The van der Waals surface area contributed by atoms with Gasteiger partial charge in [-0.2, -0.15) is 0 Å². The summed E-state index contributed by atoms with van der Waals surface area (Å²) in [7, 11) is 1.31. The van der Waals surface area contributed by atoms with Gasteiger partial charge in [0.15, 0.2) is 11.9 Å². The minimum Gasteiger partial charge on any atom is -0.481 e. The summed E-state index contributed by atoms with van der Waals surface area (Å²) in [4.78, 5) is 235. The SMILES string of the molecule is CC(C)C[C@@H]1NC(=O)CSC[C@@H](C(=O)NCC(N)=O)NC(=O)[C@H](CC(C)C)NC(=O)[C@H](CCCNC(=N)N)NC(=O)[C@H](C(C)C)NC(=O)[C@@H]2CCCN2C(=O)[C@H](C(C)C)NC(=O)[C@H](CCCNC(=N)N)NC(=O)[C@H](CC(=O)O)NC(=O)[C@@H]2CCCN2C(=O)CN(C)C(=O)[C@H](Cc2ccc(-c3ccccc3)cc2)NC(=O)[C@H](Cc2ccc(-c3ccccc3)cc2)NC1=O. The molecule has 3 aliphatic heterocycles. The number of nitrogens with zero attached hydrogens (tertiary/aromatic N) is 3. The van der Waals surface area contributed by atoms with Gasteiger partial charge in [-0.15, -0.1) is 11.8 Å². The first-order valence-electron chi connectivity index (χ1n) is 42.9. The normalized spacial score (nSPS) is 23.3. The summed E-state index contributed by atoms with van der Waals surface area (Å²) in [5.74, 6) is -18.3. The van der Waals surface area contributed by atoms with Gasteiger partial charge in [-0.05, 0) is 121 Å². The quantitative estimate of drug-likeness (QED) is 0.0233. The molecule has 3 saturated heterocycles. The second-order valence-electron chi connectivity index (χ2n) is 33.7. The van der Waals surface area contributed by atoms with Crippen molar-refractivity contribution in [2.75, 3.05) is 57.8 Å². The molecule has 4 aromatic rings. The molecule has 0 aliphatic carbocycles. The van der Waals surface area contributed by atoms with Crippen LogP contribution in [0.5, 0.6) is 0 Å². The van der Waals surface area contributed by atoms with Crippen LogP contribution < -0.4 is 86.3 Å². The highest BCUT2D eigenvalue weighted by molar-refractivity contribution is 8.00. The Bertz CT molecular complexity index is 4520. The van der Waals surface area contributed by atoms with Gasteiger partial charge < -0.3 is 106 Å². The molecule has 690 valence electrons. The lowest BCUT2D eigenvalue weighted by atomic mass is 9.98. The van der Waals surface area contributed by atoms with Crippen LogP contribution in [-0.4, -0.2) is 257 Å². The summed E-state index contributed by atoms with van der Waals surface area (Å²) in [6, 6.07) is 15.7. The zero-order valence-electron chi connectivity index (χ0n) is 73.4. The van der Waals surface area contributed by atoms with E-state index in [4.69, 9.17) is 28.0 Å². The van der Waals surface area contributed by atoms with E-state index in [1.807, 2.05) is 84.9 Å². The lowest BCUT2D eigenvalue weighted by Crippen LogP contribution is -2.61. The number of thioether (sulfide) groups is 1. The Morgan fingerprint density at radius 1 is 0.465 bits per heavy atom. The van der Waals surface area contributed by atoms with Gasteiger partial charge in [0.1, 0.15) is 72.5 Å². The molecule has 127 heavy (non-hydrogen) atoms. The van der Waals surface area contributed by atoms with Gasteiger partial charge in [0, 0.05) is 51.8 Å². The van der Waals surface area contributed by atoms with Gasteiger partial charge >= 0.3 is 5.97 Å². The van der Waals surface area contributed by atoms with E-state index < -0.39 is 216 Å². The zero-order chi connectivity index (χ0) is 93.3. The van der Waals surface area contributed by atoms with Crippen molar-refractivity contribution >= 4 is 118 Å². The molecule has 15 amide bonds. The first kappa shape index (κ1) is 101. The number of hydrogen-bond donors (Lipinski definition) is 19. The minimum atomic E-state index is -1.90. The molecule has 0 aromatic heterocycles. The molecule has 0 spiro atoms. The van der Waals surface area contributed by atoms with Crippen LogP contribution in [0, 0.1) is 34.5 Å². The van der Waals surface area contributed by atoms with Crippen molar-refractivity contribution in [3.8, 4) is 22.3 Å². The molecule has 38 nitrogen and oxygen atoms in total. The number of fused-ring (bicyclic) bond motifs is 2. The number of amides is 15. The van der Waals surface area contributed by atoms with Crippen LogP contribution in [0.25, 0.3) is 22.3 Å². The average molecular weight is 1780 g/mol. The van der Waals surface area contributed by atoms with Gasteiger partial charge in [-0.1, -0.05) is 165 Å². The number of rotatable bonds is 25. The second-order valence-corrected chi connectivity index (χ2v) is 34.7. The van der Waals surface area contributed by atoms with E-state index in [0.29, 0.717) is 11.1 Å². The number of carboxylic acid groups (broad SMARTS) is 1. The standard InChI is InChI=1S/C88H125N21O17S/c1-49(2)40-61-78(118)101-63(42-53-28-32-57(33-29-53)55-20-12-10-13-21-55)80(120)103-65(43-54-30-34-58(35-31-54)56-22-14-11-15-23-56)85(125)107(9)46-71(112)108-38-18-26-67(108)82(122)102-64(44-72(113)114)81(121)98-60(25-17-37-95-88(92)93)77(117)106-74(52(7)8)86(126)109-39-19-27-68(109)83(123)105-73(51(5)6)84(124)99-59(24-16-36-94-87(90)91)76(116)100-62(41-50(3)4)79(119)104-66(47-127-48-70(111)97-61)75(115)96-45-69(89)110/h10-15,20-23,28-35,49-52,59-68,73-74H,16-19,24-27,36-48H2,1-9H3,(H2,89,110)(H,96,115)(H,97,111)(H,98,121)(H,99,124)(H,100,116)(H,101,118)(H,102,122)(H,103,120)(H,104,119)(H,105,123)(H,106,117)(H,113,114)(H4,90,91,94)(H4,92,93,95)/t59-,60-,61-,62-,63-,64-,65-,66-,67-,68-,73-,74-/m0/s1. The Morgan fingerprint density at radius 2 is 0.874 bits per heavy atom. The van der Waals surface area contributed by atoms with E-state index in [9.17, 15) is 67.4 Å². The van der Waals surface area contributed by atoms with Gasteiger partial charge in [-0.25, -0.2) is 0 Å². The maximum absolute atomic E-state index is 15.5.